The van der Waals surface area contributed by atoms with Crippen molar-refractivity contribution in [3.63, 3.8) is 0 Å². The minimum Gasteiger partial charge on any atom is -0.393 e. The Hall–Kier alpha value is -2.01. The van der Waals surface area contributed by atoms with Crippen LogP contribution in [0.3, 0.4) is 0 Å². The fourth-order valence-electron chi connectivity index (χ4n) is 4.59. The van der Waals surface area contributed by atoms with Gasteiger partial charge in [-0.25, -0.2) is 0 Å². The lowest BCUT2D eigenvalue weighted by atomic mass is 9.90. The van der Waals surface area contributed by atoms with Crippen molar-refractivity contribution < 1.29 is 9.90 Å². The molecule has 1 N–H and O–H groups in total. The summed E-state index contributed by atoms with van der Waals surface area (Å²) in [7, 11) is 0. The van der Waals surface area contributed by atoms with Crippen LogP contribution < -0.4 is 0 Å². The van der Waals surface area contributed by atoms with E-state index in [0.717, 1.165) is 54.9 Å². The first-order valence-electron chi connectivity index (χ1n) is 12.2. The summed E-state index contributed by atoms with van der Waals surface area (Å²) < 4.78 is 2.31. The highest BCUT2D eigenvalue weighted by molar-refractivity contribution is 5.82. The summed E-state index contributed by atoms with van der Waals surface area (Å²) in [6.45, 7) is 12.7. The van der Waals surface area contributed by atoms with Gasteiger partial charge in [0.1, 0.15) is 17.4 Å². The Kier molecular flexibility index (Phi) is 7.92. The van der Waals surface area contributed by atoms with Crippen molar-refractivity contribution >= 4 is 5.78 Å². The molecular formula is C27H41N3O2. The molecule has 32 heavy (non-hydrogen) atoms. The molecule has 0 spiro atoms. The van der Waals surface area contributed by atoms with Crippen molar-refractivity contribution in [1.82, 2.24) is 14.8 Å². The average molecular weight is 440 g/mol. The van der Waals surface area contributed by atoms with E-state index in [-0.39, 0.29) is 11.7 Å². The van der Waals surface area contributed by atoms with Crippen LogP contribution in [0.25, 0.3) is 0 Å². The summed E-state index contributed by atoms with van der Waals surface area (Å²) in [6, 6.07) is 6.71. The van der Waals surface area contributed by atoms with Gasteiger partial charge in [-0.1, -0.05) is 44.5 Å². The molecule has 1 aliphatic carbocycles. The monoisotopic (exact) mass is 439 g/mol. The van der Waals surface area contributed by atoms with Crippen LogP contribution in [0, 0.1) is 19.3 Å². The van der Waals surface area contributed by atoms with Gasteiger partial charge in [0.2, 0.25) is 0 Å². The molecule has 5 heteroatoms. The summed E-state index contributed by atoms with van der Waals surface area (Å²) in [6.07, 6.45) is 6.31. The van der Waals surface area contributed by atoms with E-state index in [1.54, 1.807) is 6.92 Å². The Morgan fingerprint density at radius 3 is 2.53 bits per heavy atom. The summed E-state index contributed by atoms with van der Waals surface area (Å²) in [5, 5.41) is 19.3. The number of aliphatic hydroxyl groups is 1. The summed E-state index contributed by atoms with van der Waals surface area (Å²) in [5.74, 6) is 2.04. The van der Waals surface area contributed by atoms with Gasteiger partial charge in [0, 0.05) is 31.2 Å². The molecule has 1 aromatic heterocycles. The van der Waals surface area contributed by atoms with E-state index >= 15 is 0 Å². The number of aromatic nitrogens is 3. The van der Waals surface area contributed by atoms with E-state index < -0.39 is 6.10 Å². The maximum Gasteiger partial charge on any atom is 0.138 e. The van der Waals surface area contributed by atoms with Gasteiger partial charge in [-0.2, -0.15) is 0 Å². The van der Waals surface area contributed by atoms with Crippen LogP contribution in [-0.2, 0) is 17.6 Å². The van der Waals surface area contributed by atoms with E-state index in [0.29, 0.717) is 30.7 Å². The predicted molar refractivity (Wildman–Crippen MR) is 129 cm³/mol. The van der Waals surface area contributed by atoms with E-state index in [1.165, 1.54) is 5.56 Å². The third kappa shape index (κ3) is 6.99. The Morgan fingerprint density at radius 2 is 1.94 bits per heavy atom. The van der Waals surface area contributed by atoms with Gasteiger partial charge in [0.15, 0.2) is 0 Å². The van der Waals surface area contributed by atoms with Gasteiger partial charge in [-0.3, -0.25) is 4.79 Å². The van der Waals surface area contributed by atoms with Crippen LogP contribution in [0.15, 0.2) is 18.2 Å². The SMILES string of the molecule is Cc1ccc(CC(=O)C[C@@H](C[C@@H](C)O)c2nnc(CCCC(C)(C)C)n2C2CC2)c(C)c1. The highest BCUT2D eigenvalue weighted by atomic mass is 16.3. The van der Waals surface area contributed by atoms with Crippen LogP contribution in [-0.4, -0.2) is 31.8 Å². The van der Waals surface area contributed by atoms with Crippen molar-refractivity contribution in [1.29, 1.82) is 0 Å². The van der Waals surface area contributed by atoms with Crippen molar-refractivity contribution in [2.45, 2.75) is 111 Å². The molecule has 1 heterocycles. The third-order valence-electron chi connectivity index (χ3n) is 6.38. The Bertz CT molecular complexity index is 919. The van der Waals surface area contributed by atoms with Crippen LogP contribution in [0.4, 0.5) is 0 Å². The van der Waals surface area contributed by atoms with Crippen LogP contribution in [0.2, 0.25) is 0 Å². The predicted octanol–water partition coefficient (Wildman–Crippen LogP) is 5.66. The maximum atomic E-state index is 13.1. The zero-order chi connectivity index (χ0) is 23.5. The highest BCUT2D eigenvalue weighted by Crippen LogP contribution is 2.40. The average Bonchev–Trinajstić information content (AvgIpc) is 3.42. The first-order valence-corrected chi connectivity index (χ1v) is 12.2. The molecule has 3 rings (SSSR count). The van der Waals surface area contributed by atoms with Crippen LogP contribution in [0.5, 0.6) is 0 Å². The van der Waals surface area contributed by atoms with Crippen LogP contribution in [0.1, 0.15) is 107 Å². The van der Waals surface area contributed by atoms with Crippen LogP contribution >= 0.6 is 0 Å². The minimum atomic E-state index is -0.484. The van der Waals surface area contributed by atoms with Gasteiger partial charge < -0.3 is 9.67 Å². The molecule has 1 aromatic carbocycles. The van der Waals surface area contributed by atoms with Gasteiger partial charge in [-0.05, 0) is 69.4 Å². The lowest BCUT2D eigenvalue weighted by Crippen LogP contribution is -2.19. The van der Waals surface area contributed by atoms with Crippen molar-refractivity contribution in [2.75, 3.05) is 0 Å². The quantitative estimate of drug-likeness (QED) is 0.491. The number of carbonyl (C=O) groups is 1. The largest absolute Gasteiger partial charge is 0.393 e. The van der Waals surface area contributed by atoms with Gasteiger partial charge >= 0.3 is 0 Å². The third-order valence-corrected chi connectivity index (χ3v) is 6.38. The number of aliphatic hydroxyl groups excluding tert-OH is 1. The number of hydrogen-bond donors (Lipinski definition) is 1. The highest BCUT2D eigenvalue weighted by Gasteiger charge is 2.33. The van der Waals surface area contributed by atoms with Crippen molar-refractivity contribution in [3.8, 4) is 0 Å². The molecule has 176 valence electrons. The molecule has 0 unspecified atom stereocenters. The molecule has 0 amide bonds. The van der Waals surface area contributed by atoms with Crippen molar-refractivity contribution in [2.24, 2.45) is 5.41 Å². The number of aryl methyl sites for hydroxylation is 3. The Balaban J connectivity index is 1.77. The molecule has 5 nitrogen and oxygen atoms in total. The number of Topliss-reactive ketones (excluding diaryl/α,β-unsaturated/α-hetero) is 1. The fourth-order valence-corrected chi connectivity index (χ4v) is 4.59. The minimum absolute atomic E-state index is 0.0993. The topological polar surface area (TPSA) is 68.0 Å². The summed E-state index contributed by atoms with van der Waals surface area (Å²) in [5.41, 5.74) is 3.76. The Labute approximate surface area is 193 Å². The van der Waals surface area contributed by atoms with E-state index in [4.69, 9.17) is 0 Å². The molecule has 1 saturated carbocycles. The van der Waals surface area contributed by atoms with Gasteiger partial charge in [0.25, 0.3) is 0 Å². The van der Waals surface area contributed by atoms with E-state index in [2.05, 4.69) is 67.6 Å². The lowest BCUT2D eigenvalue weighted by Gasteiger charge is -2.20. The molecule has 0 aliphatic heterocycles. The molecule has 0 bridgehead atoms. The van der Waals surface area contributed by atoms with Gasteiger partial charge in [-0.15, -0.1) is 10.2 Å². The molecular weight excluding hydrogens is 398 g/mol. The van der Waals surface area contributed by atoms with Gasteiger partial charge in [0.05, 0.1) is 6.10 Å². The molecule has 2 atom stereocenters. The number of rotatable bonds is 11. The second-order valence-corrected chi connectivity index (χ2v) is 11.1. The maximum absolute atomic E-state index is 13.1. The number of carbonyl (C=O) groups excluding carboxylic acids is 1. The molecule has 0 radical (unpaired) electrons. The number of ketones is 1. The summed E-state index contributed by atoms with van der Waals surface area (Å²) >= 11 is 0. The molecule has 2 aromatic rings. The fraction of sp³-hybridized carbons (Fsp3) is 0.667. The standard InChI is InChI=1S/C27H41N3O2/c1-18-9-10-21(19(2)14-18)16-24(32)17-22(15-20(3)31)26-29-28-25(30(26)23-11-12-23)8-7-13-27(4,5)6/h9-10,14,20,22-23,31H,7-8,11-13,15-17H2,1-6H3/t20-,22-/m1/s1. The lowest BCUT2D eigenvalue weighted by molar-refractivity contribution is -0.119. The first kappa shape index (κ1) is 24.6. The van der Waals surface area contributed by atoms with E-state index in [1.807, 2.05) is 0 Å². The van der Waals surface area contributed by atoms with Crippen molar-refractivity contribution in [3.05, 3.63) is 46.5 Å². The molecule has 0 saturated heterocycles. The molecule has 1 aliphatic rings. The second-order valence-electron chi connectivity index (χ2n) is 11.1. The zero-order valence-corrected chi connectivity index (χ0v) is 20.8. The number of hydrogen-bond acceptors (Lipinski definition) is 4. The Morgan fingerprint density at radius 1 is 1.22 bits per heavy atom. The normalized spacial score (nSPS) is 16.2. The zero-order valence-electron chi connectivity index (χ0n) is 20.8. The number of nitrogens with zero attached hydrogens (tertiary/aromatic N) is 3. The number of benzene rings is 1. The van der Waals surface area contributed by atoms with E-state index in [9.17, 15) is 9.90 Å². The first-order chi connectivity index (χ1) is 15.0. The second kappa shape index (κ2) is 10.3. The summed E-state index contributed by atoms with van der Waals surface area (Å²) in [4.78, 5) is 13.1. The molecule has 1 fully saturated rings. The smallest absolute Gasteiger partial charge is 0.138 e.